The Labute approximate surface area is 127 Å². The minimum atomic E-state index is -0.218. The molecule has 0 bridgehead atoms. The minimum absolute atomic E-state index is 0.218. The predicted octanol–water partition coefficient (Wildman–Crippen LogP) is 3.11. The first kappa shape index (κ1) is 15.8. The lowest BCUT2D eigenvalue weighted by atomic mass is 10.0. The number of esters is 1. The molecule has 0 aliphatic carbocycles. The minimum Gasteiger partial charge on any atom is -0.490 e. The van der Waals surface area contributed by atoms with Crippen LogP contribution in [0.25, 0.3) is 0 Å². The molecule has 0 amide bonds. The summed E-state index contributed by atoms with van der Waals surface area (Å²) < 4.78 is 11.3. The lowest BCUT2D eigenvalue weighted by Crippen LogP contribution is -2.30. The Kier molecular flexibility index (Phi) is 5.62. The monoisotopic (exact) mass is 291 g/mol. The highest BCUT2D eigenvalue weighted by atomic mass is 16.5. The van der Waals surface area contributed by atoms with Crippen LogP contribution in [0.2, 0.25) is 0 Å². The van der Waals surface area contributed by atoms with E-state index in [1.54, 1.807) is 19.1 Å². The Balaban J connectivity index is 1.94. The first-order valence-electron chi connectivity index (χ1n) is 7.74. The van der Waals surface area contributed by atoms with Gasteiger partial charge in [0.2, 0.25) is 0 Å². The fourth-order valence-corrected chi connectivity index (χ4v) is 2.69. The van der Waals surface area contributed by atoms with Crippen LogP contribution < -0.4 is 9.47 Å². The third-order valence-corrected chi connectivity index (χ3v) is 3.89. The molecule has 0 aromatic heterocycles. The molecule has 4 nitrogen and oxygen atoms in total. The number of nitrogens with zero attached hydrogens (tertiary/aromatic N) is 1. The van der Waals surface area contributed by atoms with Gasteiger partial charge in [-0.2, -0.15) is 0 Å². The highest BCUT2D eigenvalue weighted by Gasteiger charge is 2.23. The molecule has 0 N–H and O–H groups in total. The zero-order valence-electron chi connectivity index (χ0n) is 13.2. The summed E-state index contributed by atoms with van der Waals surface area (Å²) in [5.41, 5.74) is 0. The summed E-state index contributed by atoms with van der Waals surface area (Å²) in [6.45, 7) is 6.22. The standard InChI is InChI=1S/C17H25NO3/c1-4-17(19)21-15-9-7-14(8-10-15)20-16-6-5-11-18(3)12-13(16)2/h7-10,13,16H,4-6,11-12H2,1-3H3. The van der Waals surface area contributed by atoms with Crippen molar-refractivity contribution < 1.29 is 14.3 Å². The smallest absolute Gasteiger partial charge is 0.310 e. The van der Waals surface area contributed by atoms with Gasteiger partial charge in [-0.15, -0.1) is 0 Å². The molecule has 0 radical (unpaired) electrons. The van der Waals surface area contributed by atoms with E-state index >= 15 is 0 Å². The molecule has 1 heterocycles. The molecule has 2 unspecified atom stereocenters. The van der Waals surface area contributed by atoms with Crippen LogP contribution in [-0.4, -0.2) is 37.1 Å². The zero-order chi connectivity index (χ0) is 15.2. The van der Waals surface area contributed by atoms with Crippen LogP contribution in [0.4, 0.5) is 0 Å². The van der Waals surface area contributed by atoms with E-state index in [-0.39, 0.29) is 12.1 Å². The number of rotatable bonds is 4. The van der Waals surface area contributed by atoms with Crippen molar-refractivity contribution in [2.24, 2.45) is 5.92 Å². The summed E-state index contributed by atoms with van der Waals surface area (Å²) in [6.07, 6.45) is 2.88. The van der Waals surface area contributed by atoms with Crippen molar-refractivity contribution in [1.29, 1.82) is 0 Å². The van der Waals surface area contributed by atoms with Crippen LogP contribution in [0.15, 0.2) is 24.3 Å². The molecule has 21 heavy (non-hydrogen) atoms. The third kappa shape index (κ3) is 4.74. The largest absolute Gasteiger partial charge is 0.490 e. The second-order valence-electron chi connectivity index (χ2n) is 5.84. The van der Waals surface area contributed by atoms with Gasteiger partial charge in [-0.25, -0.2) is 0 Å². The van der Waals surface area contributed by atoms with Gasteiger partial charge < -0.3 is 14.4 Å². The fraction of sp³-hybridized carbons (Fsp3) is 0.588. The average molecular weight is 291 g/mol. The van der Waals surface area contributed by atoms with E-state index in [0.29, 0.717) is 18.1 Å². The van der Waals surface area contributed by atoms with Crippen LogP contribution in [0.3, 0.4) is 0 Å². The fourth-order valence-electron chi connectivity index (χ4n) is 2.69. The molecule has 2 rings (SSSR count). The zero-order valence-corrected chi connectivity index (χ0v) is 13.2. The summed E-state index contributed by atoms with van der Waals surface area (Å²) >= 11 is 0. The maximum atomic E-state index is 11.2. The van der Waals surface area contributed by atoms with Crippen LogP contribution in [0, 0.1) is 5.92 Å². The van der Waals surface area contributed by atoms with Crippen molar-refractivity contribution in [3.8, 4) is 11.5 Å². The highest BCUT2D eigenvalue weighted by molar-refractivity contribution is 5.71. The van der Waals surface area contributed by atoms with Gasteiger partial charge in [0.05, 0.1) is 0 Å². The number of likely N-dealkylation sites (tertiary alicyclic amines) is 1. The second kappa shape index (κ2) is 7.46. The molecule has 1 saturated heterocycles. The third-order valence-electron chi connectivity index (χ3n) is 3.89. The molecule has 0 saturated carbocycles. The van der Waals surface area contributed by atoms with Crippen LogP contribution in [-0.2, 0) is 4.79 Å². The van der Waals surface area contributed by atoms with Crippen molar-refractivity contribution in [1.82, 2.24) is 4.90 Å². The van der Waals surface area contributed by atoms with E-state index in [1.165, 1.54) is 0 Å². The summed E-state index contributed by atoms with van der Waals surface area (Å²) in [4.78, 5) is 13.6. The van der Waals surface area contributed by atoms with Crippen LogP contribution >= 0.6 is 0 Å². The Hall–Kier alpha value is -1.55. The summed E-state index contributed by atoms with van der Waals surface area (Å²) in [5, 5.41) is 0. The molecule has 1 aromatic rings. The number of ether oxygens (including phenoxy) is 2. The Bertz CT molecular complexity index is 458. The predicted molar refractivity (Wildman–Crippen MR) is 82.7 cm³/mol. The SMILES string of the molecule is CCC(=O)Oc1ccc(OC2CCCN(C)CC2C)cc1. The first-order valence-corrected chi connectivity index (χ1v) is 7.74. The maximum Gasteiger partial charge on any atom is 0.310 e. The molecule has 1 aliphatic heterocycles. The van der Waals surface area contributed by atoms with Gasteiger partial charge >= 0.3 is 5.97 Å². The van der Waals surface area contributed by atoms with E-state index in [4.69, 9.17) is 9.47 Å². The molecule has 1 fully saturated rings. The summed E-state index contributed by atoms with van der Waals surface area (Å²) in [6, 6.07) is 7.33. The van der Waals surface area contributed by atoms with Gasteiger partial charge in [0.1, 0.15) is 17.6 Å². The van der Waals surface area contributed by atoms with Crippen LogP contribution in [0.1, 0.15) is 33.1 Å². The summed E-state index contributed by atoms with van der Waals surface area (Å²) in [5.74, 6) is 1.70. The lowest BCUT2D eigenvalue weighted by Gasteiger charge is -2.24. The second-order valence-corrected chi connectivity index (χ2v) is 5.84. The Morgan fingerprint density at radius 1 is 1.29 bits per heavy atom. The van der Waals surface area contributed by atoms with Crippen LogP contribution in [0.5, 0.6) is 11.5 Å². The first-order chi connectivity index (χ1) is 10.1. The van der Waals surface area contributed by atoms with E-state index < -0.39 is 0 Å². The highest BCUT2D eigenvalue weighted by Crippen LogP contribution is 2.24. The molecule has 1 aromatic carbocycles. The Morgan fingerprint density at radius 2 is 1.95 bits per heavy atom. The number of carbonyl (C=O) groups excluding carboxylic acids is 1. The maximum absolute atomic E-state index is 11.2. The van der Waals surface area contributed by atoms with Gasteiger partial charge in [0, 0.05) is 18.9 Å². The van der Waals surface area contributed by atoms with Crippen molar-refractivity contribution in [3.05, 3.63) is 24.3 Å². The van der Waals surface area contributed by atoms with Crippen molar-refractivity contribution in [3.63, 3.8) is 0 Å². The topological polar surface area (TPSA) is 38.8 Å². The lowest BCUT2D eigenvalue weighted by molar-refractivity contribution is -0.134. The summed E-state index contributed by atoms with van der Waals surface area (Å²) in [7, 11) is 2.16. The van der Waals surface area contributed by atoms with Gasteiger partial charge in [-0.3, -0.25) is 4.79 Å². The number of hydrogen-bond acceptors (Lipinski definition) is 4. The number of hydrogen-bond donors (Lipinski definition) is 0. The van der Waals surface area contributed by atoms with E-state index in [9.17, 15) is 4.79 Å². The molecule has 0 spiro atoms. The molecule has 4 heteroatoms. The molecule has 2 atom stereocenters. The quantitative estimate of drug-likeness (QED) is 0.631. The van der Waals surface area contributed by atoms with Crippen molar-refractivity contribution in [2.75, 3.05) is 20.1 Å². The van der Waals surface area contributed by atoms with Gasteiger partial charge in [0.25, 0.3) is 0 Å². The normalized spacial score (nSPS) is 23.4. The average Bonchev–Trinajstić information content (AvgIpc) is 2.62. The Morgan fingerprint density at radius 3 is 2.62 bits per heavy atom. The van der Waals surface area contributed by atoms with Gasteiger partial charge in [0.15, 0.2) is 0 Å². The van der Waals surface area contributed by atoms with Crippen molar-refractivity contribution in [2.45, 2.75) is 39.2 Å². The molecule has 116 valence electrons. The number of benzene rings is 1. The van der Waals surface area contributed by atoms with E-state index in [2.05, 4.69) is 18.9 Å². The number of carbonyl (C=O) groups is 1. The molecular formula is C17H25NO3. The molecular weight excluding hydrogens is 266 g/mol. The van der Waals surface area contributed by atoms with E-state index in [1.807, 2.05) is 12.1 Å². The van der Waals surface area contributed by atoms with Gasteiger partial charge in [-0.05, 0) is 50.7 Å². The molecule has 1 aliphatic rings. The van der Waals surface area contributed by atoms with Crippen molar-refractivity contribution >= 4 is 5.97 Å². The van der Waals surface area contributed by atoms with Gasteiger partial charge in [-0.1, -0.05) is 13.8 Å². The van der Waals surface area contributed by atoms with E-state index in [0.717, 1.165) is 31.7 Å².